The third-order valence-corrected chi connectivity index (χ3v) is 9.63. The molecule has 0 radical (unpaired) electrons. The van der Waals surface area contributed by atoms with Crippen molar-refractivity contribution < 1.29 is 53.4 Å². The highest BCUT2D eigenvalue weighted by atomic mass is 16.4. The Morgan fingerprint density at radius 1 is 0.661 bits per heavy atom. The Labute approximate surface area is 344 Å². The number of aliphatic carboxylic acids is 1. The van der Waals surface area contributed by atoms with Crippen LogP contribution in [0.5, 0.6) is 0 Å². The Kier molecular flexibility index (Phi) is 21.8. The number of carboxylic acids is 1. The number of benzene rings is 1. The van der Waals surface area contributed by atoms with Gasteiger partial charge in [0.1, 0.15) is 30.2 Å². The molecule has 8 amide bonds. The fraction of sp³-hybridized carbons (Fsp3) is 0.615. The van der Waals surface area contributed by atoms with Crippen molar-refractivity contribution in [3.05, 3.63) is 35.9 Å². The van der Waals surface area contributed by atoms with Crippen LogP contribution in [0.1, 0.15) is 86.1 Å². The van der Waals surface area contributed by atoms with Crippen molar-refractivity contribution in [3.8, 4) is 0 Å². The van der Waals surface area contributed by atoms with Crippen molar-refractivity contribution in [2.45, 2.75) is 135 Å². The second kappa shape index (κ2) is 25.0. The smallest absolute Gasteiger partial charge is 0.303 e. The number of nitrogens with one attached hydrogen (secondary N) is 6. The van der Waals surface area contributed by atoms with Gasteiger partial charge < -0.3 is 59.3 Å². The SMILES string of the molecule is CCC(C)[C@H](NC(=O)[C@H](CC(N)=O)NC(=O)[C@@H](NC(=O)[C@@H](N)CCC(=O)O)C(C)C)[C@@H](O)CC(=O)N[C@H](C(=O)N[C@@H](C)C(=O)N[C@@H](Cc1ccccc1)C(N)=O)C(C)C. The highest BCUT2D eigenvalue weighted by Crippen LogP contribution is 2.16. The fourth-order valence-corrected chi connectivity index (χ4v) is 5.84. The number of nitrogens with two attached hydrogens (primary N) is 3. The van der Waals surface area contributed by atoms with Gasteiger partial charge in [0, 0.05) is 12.8 Å². The lowest BCUT2D eigenvalue weighted by molar-refractivity contribution is -0.138. The molecule has 0 aliphatic carbocycles. The summed E-state index contributed by atoms with van der Waals surface area (Å²) in [7, 11) is 0. The predicted molar refractivity (Wildman–Crippen MR) is 215 cm³/mol. The van der Waals surface area contributed by atoms with Gasteiger partial charge in [-0.25, -0.2) is 0 Å². The Morgan fingerprint density at radius 3 is 1.71 bits per heavy atom. The van der Waals surface area contributed by atoms with Gasteiger partial charge in [0.25, 0.3) is 0 Å². The summed E-state index contributed by atoms with van der Waals surface area (Å²) in [6, 6.07) is 0.318. The molecule has 1 unspecified atom stereocenters. The molecule has 59 heavy (non-hydrogen) atoms. The van der Waals surface area contributed by atoms with Gasteiger partial charge in [-0.05, 0) is 36.7 Å². The first-order valence-electron chi connectivity index (χ1n) is 19.6. The normalized spacial score (nSPS) is 15.8. The van der Waals surface area contributed by atoms with E-state index in [0.29, 0.717) is 6.42 Å². The predicted octanol–water partition coefficient (Wildman–Crippen LogP) is -2.18. The van der Waals surface area contributed by atoms with E-state index in [4.69, 9.17) is 22.3 Å². The van der Waals surface area contributed by atoms with E-state index < -0.39 is 132 Å². The van der Waals surface area contributed by atoms with Gasteiger partial charge in [-0.2, -0.15) is 0 Å². The Hall–Kier alpha value is -5.63. The number of rotatable bonds is 26. The van der Waals surface area contributed by atoms with Crippen LogP contribution in [-0.4, -0.2) is 112 Å². The van der Waals surface area contributed by atoms with E-state index in [2.05, 4.69) is 31.9 Å². The third-order valence-electron chi connectivity index (χ3n) is 9.63. The van der Waals surface area contributed by atoms with Crippen LogP contribution in [0.15, 0.2) is 30.3 Å². The summed E-state index contributed by atoms with van der Waals surface area (Å²) in [6.45, 7) is 11.3. The molecule has 20 nitrogen and oxygen atoms in total. The van der Waals surface area contributed by atoms with E-state index in [1.165, 1.54) is 6.92 Å². The summed E-state index contributed by atoms with van der Waals surface area (Å²) in [5.41, 5.74) is 17.4. The molecule has 0 saturated carbocycles. The number of aliphatic hydroxyl groups excluding tert-OH is 1. The first-order valence-corrected chi connectivity index (χ1v) is 19.6. The molecule has 9 atom stereocenters. The molecule has 1 rings (SSSR count). The van der Waals surface area contributed by atoms with Crippen LogP contribution in [0.3, 0.4) is 0 Å². The topological polar surface area (TPSA) is 344 Å². The van der Waals surface area contributed by atoms with E-state index in [1.807, 2.05) is 0 Å². The molecule has 0 saturated heterocycles. The number of hydrogen-bond acceptors (Lipinski definition) is 11. The monoisotopic (exact) mass is 833 g/mol. The van der Waals surface area contributed by atoms with Gasteiger partial charge in [0.2, 0.25) is 47.3 Å². The number of hydrogen-bond donors (Lipinski definition) is 11. The fourth-order valence-electron chi connectivity index (χ4n) is 5.84. The summed E-state index contributed by atoms with van der Waals surface area (Å²) < 4.78 is 0. The molecule has 1 aromatic carbocycles. The molecule has 0 heterocycles. The van der Waals surface area contributed by atoms with Crippen LogP contribution in [0, 0.1) is 17.8 Å². The average molecular weight is 834 g/mol. The van der Waals surface area contributed by atoms with Gasteiger partial charge in [-0.3, -0.25) is 43.2 Å². The van der Waals surface area contributed by atoms with Gasteiger partial charge in [-0.1, -0.05) is 78.3 Å². The lowest BCUT2D eigenvalue weighted by atomic mass is 9.91. The largest absolute Gasteiger partial charge is 0.481 e. The number of carbonyl (C=O) groups excluding carboxylic acids is 8. The van der Waals surface area contributed by atoms with E-state index >= 15 is 0 Å². The molecule has 14 N–H and O–H groups in total. The van der Waals surface area contributed by atoms with Crippen LogP contribution >= 0.6 is 0 Å². The summed E-state index contributed by atoms with van der Waals surface area (Å²) in [5, 5.41) is 35.2. The number of amides is 8. The van der Waals surface area contributed by atoms with Crippen LogP contribution in [0.25, 0.3) is 0 Å². The van der Waals surface area contributed by atoms with Crippen LogP contribution in [-0.2, 0) is 49.6 Å². The summed E-state index contributed by atoms with van der Waals surface area (Å²) >= 11 is 0. The average Bonchev–Trinajstić information content (AvgIpc) is 3.15. The lowest BCUT2D eigenvalue weighted by Crippen LogP contribution is -2.60. The molecule has 0 aliphatic heterocycles. The molecule has 330 valence electrons. The summed E-state index contributed by atoms with van der Waals surface area (Å²) in [6.07, 6.45) is -2.86. The van der Waals surface area contributed by atoms with E-state index in [-0.39, 0.29) is 19.3 Å². The van der Waals surface area contributed by atoms with Gasteiger partial charge in [0.05, 0.1) is 31.0 Å². The minimum atomic E-state index is -1.57. The van der Waals surface area contributed by atoms with E-state index in [0.717, 1.165) is 5.56 Å². The van der Waals surface area contributed by atoms with Crippen molar-refractivity contribution in [1.82, 2.24) is 31.9 Å². The highest BCUT2D eigenvalue weighted by Gasteiger charge is 2.35. The molecule has 0 spiro atoms. The molecular weight excluding hydrogens is 770 g/mol. The molecule has 0 fully saturated rings. The lowest BCUT2D eigenvalue weighted by Gasteiger charge is -2.32. The molecule has 0 bridgehead atoms. The van der Waals surface area contributed by atoms with Gasteiger partial charge in [0.15, 0.2) is 0 Å². The van der Waals surface area contributed by atoms with Crippen molar-refractivity contribution >= 4 is 53.2 Å². The Balaban J connectivity index is 3.06. The van der Waals surface area contributed by atoms with Crippen LogP contribution < -0.4 is 49.1 Å². The highest BCUT2D eigenvalue weighted by molar-refractivity contribution is 5.96. The van der Waals surface area contributed by atoms with E-state index in [9.17, 15) is 48.3 Å². The zero-order chi connectivity index (χ0) is 45.1. The molecular formula is C39H63N9O11. The van der Waals surface area contributed by atoms with Crippen LogP contribution in [0.4, 0.5) is 0 Å². The maximum absolute atomic E-state index is 13.6. The van der Waals surface area contributed by atoms with Gasteiger partial charge in [-0.15, -0.1) is 0 Å². The van der Waals surface area contributed by atoms with E-state index in [1.54, 1.807) is 71.9 Å². The second-order valence-corrected chi connectivity index (χ2v) is 15.4. The molecule has 0 aromatic heterocycles. The van der Waals surface area contributed by atoms with Crippen molar-refractivity contribution in [2.24, 2.45) is 35.0 Å². The van der Waals surface area contributed by atoms with Gasteiger partial charge >= 0.3 is 5.97 Å². The maximum atomic E-state index is 13.6. The summed E-state index contributed by atoms with van der Waals surface area (Å²) in [4.78, 5) is 114. The van der Waals surface area contributed by atoms with Crippen molar-refractivity contribution in [3.63, 3.8) is 0 Å². The second-order valence-electron chi connectivity index (χ2n) is 15.4. The number of primary amides is 2. The standard InChI is InChI=1S/C39H63N9O11/c1-8-21(6)33(48-37(57)26(17-28(41)50)45-39(59)32(20(4)5)47-36(56)24(40)14-15-30(52)53)27(49)18-29(51)46-31(19(2)3)38(58)43-22(7)35(55)44-25(34(42)54)16-23-12-10-9-11-13-23/h9-13,19-22,24-27,31-33,49H,8,14-18,40H2,1-7H3,(H2,41,50)(H2,42,54)(H,43,58)(H,44,55)(H,45,59)(H,46,51)(H,47,56)(H,48,57)(H,52,53)/t21?,22-,24-,25-,26-,27-,31-,32-,33-/m0/s1. The molecule has 0 aliphatic rings. The third kappa shape index (κ3) is 18.2. The maximum Gasteiger partial charge on any atom is 0.303 e. The Morgan fingerprint density at radius 2 is 1.20 bits per heavy atom. The zero-order valence-corrected chi connectivity index (χ0v) is 34.8. The first kappa shape index (κ1) is 51.4. The number of carboxylic acid groups (broad SMARTS) is 1. The van der Waals surface area contributed by atoms with Crippen LogP contribution in [0.2, 0.25) is 0 Å². The van der Waals surface area contributed by atoms with Crippen molar-refractivity contribution in [2.75, 3.05) is 0 Å². The number of aliphatic hydroxyl groups is 1. The minimum absolute atomic E-state index is 0.126. The quantitative estimate of drug-likeness (QED) is 0.0475. The first-order chi connectivity index (χ1) is 27.5. The number of carbonyl (C=O) groups is 9. The zero-order valence-electron chi connectivity index (χ0n) is 34.8. The Bertz CT molecular complexity index is 1630. The summed E-state index contributed by atoms with van der Waals surface area (Å²) in [5.74, 6) is -9.20. The molecule has 1 aromatic rings. The minimum Gasteiger partial charge on any atom is -0.481 e. The molecule has 20 heteroatoms. The van der Waals surface area contributed by atoms with Crippen molar-refractivity contribution in [1.29, 1.82) is 0 Å².